The highest BCUT2D eigenvalue weighted by molar-refractivity contribution is 6.02. The molecular weight excluding hydrogens is 358 g/mol. The van der Waals surface area contributed by atoms with Gasteiger partial charge in [-0.3, -0.25) is 19.7 Å². The highest BCUT2D eigenvalue weighted by atomic mass is 16.6. The van der Waals surface area contributed by atoms with Gasteiger partial charge in [0.15, 0.2) is 0 Å². The molecule has 2 rings (SSSR count). The van der Waals surface area contributed by atoms with Gasteiger partial charge in [0, 0.05) is 36.0 Å². The molecular formula is C21H23N3O4. The van der Waals surface area contributed by atoms with Crippen molar-refractivity contribution in [2.75, 3.05) is 10.6 Å². The smallest absolute Gasteiger partial charge is 0.269 e. The third kappa shape index (κ3) is 7.03. The lowest BCUT2D eigenvalue weighted by molar-refractivity contribution is -0.384. The normalized spacial score (nSPS) is 10.6. The van der Waals surface area contributed by atoms with Crippen LogP contribution in [-0.4, -0.2) is 16.7 Å². The Labute approximate surface area is 163 Å². The summed E-state index contributed by atoms with van der Waals surface area (Å²) in [6.45, 7) is 2.08. The van der Waals surface area contributed by atoms with E-state index in [4.69, 9.17) is 0 Å². The maximum Gasteiger partial charge on any atom is 0.269 e. The van der Waals surface area contributed by atoms with Crippen LogP contribution in [0.5, 0.6) is 0 Å². The number of rotatable bonds is 9. The summed E-state index contributed by atoms with van der Waals surface area (Å²) in [4.78, 5) is 34.1. The molecule has 0 aliphatic carbocycles. The first-order valence-electron chi connectivity index (χ1n) is 9.11. The van der Waals surface area contributed by atoms with E-state index in [1.54, 1.807) is 42.5 Å². The number of nitrogens with zero attached hydrogens (tertiary/aromatic N) is 1. The number of unbranched alkanes of at least 4 members (excludes halogenated alkanes) is 2. The molecule has 0 saturated carbocycles. The maximum absolute atomic E-state index is 12.1. The van der Waals surface area contributed by atoms with Crippen LogP contribution in [0.4, 0.5) is 17.1 Å². The van der Waals surface area contributed by atoms with Gasteiger partial charge in [0.05, 0.1) is 4.92 Å². The third-order valence-electron chi connectivity index (χ3n) is 3.95. The first kappa shape index (κ1) is 20.8. The number of anilines is 2. The lowest BCUT2D eigenvalue weighted by Gasteiger charge is -2.08. The molecule has 2 amide bonds. The van der Waals surface area contributed by atoms with E-state index >= 15 is 0 Å². The fourth-order valence-corrected chi connectivity index (χ4v) is 2.50. The minimum absolute atomic E-state index is 0.00448. The zero-order chi connectivity index (χ0) is 20.4. The summed E-state index contributed by atoms with van der Waals surface area (Å²) in [5.74, 6) is -0.389. The van der Waals surface area contributed by atoms with E-state index in [1.165, 1.54) is 18.2 Å². The fourth-order valence-electron chi connectivity index (χ4n) is 2.50. The van der Waals surface area contributed by atoms with Gasteiger partial charge in [-0.15, -0.1) is 0 Å². The van der Waals surface area contributed by atoms with E-state index in [0.29, 0.717) is 23.4 Å². The summed E-state index contributed by atoms with van der Waals surface area (Å²) in [6, 6.07) is 12.8. The topological polar surface area (TPSA) is 101 Å². The second kappa shape index (κ2) is 10.6. The molecule has 2 N–H and O–H groups in total. The zero-order valence-corrected chi connectivity index (χ0v) is 15.7. The van der Waals surface area contributed by atoms with Gasteiger partial charge < -0.3 is 10.6 Å². The van der Waals surface area contributed by atoms with Gasteiger partial charge >= 0.3 is 0 Å². The molecule has 0 aliphatic heterocycles. The number of nitro groups is 1. The highest BCUT2D eigenvalue weighted by Crippen LogP contribution is 2.16. The molecule has 0 aliphatic rings. The van der Waals surface area contributed by atoms with Crippen molar-refractivity contribution in [1.82, 2.24) is 0 Å². The number of benzene rings is 2. The first-order chi connectivity index (χ1) is 13.5. The van der Waals surface area contributed by atoms with Crippen molar-refractivity contribution in [2.24, 2.45) is 0 Å². The Bertz CT molecular complexity index is 860. The number of carbonyl (C=O) groups excluding carboxylic acids is 2. The van der Waals surface area contributed by atoms with E-state index < -0.39 is 4.92 Å². The predicted molar refractivity (Wildman–Crippen MR) is 110 cm³/mol. The first-order valence-corrected chi connectivity index (χ1v) is 9.11. The number of amides is 2. The third-order valence-corrected chi connectivity index (χ3v) is 3.95. The van der Waals surface area contributed by atoms with E-state index in [2.05, 4.69) is 17.6 Å². The van der Waals surface area contributed by atoms with Crippen LogP contribution in [-0.2, 0) is 9.59 Å². The molecule has 0 fully saturated rings. The molecule has 0 heterocycles. The SMILES string of the molecule is CCCCCC(=O)Nc1cccc(NC(=O)/C=C/c2ccc([N+](=O)[O-])cc2)c1. The standard InChI is InChI=1S/C21H23N3O4/c1-2-3-4-8-20(25)22-17-6-5-7-18(15-17)23-21(26)14-11-16-9-12-19(13-10-16)24(27)28/h5-7,9-15H,2-4,8H2,1H3,(H,22,25)(H,23,26)/b14-11+. The van der Waals surface area contributed by atoms with Crippen molar-refractivity contribution < 1.29 is 14.5 Å². The Morgan fingerprint density at radius 2 is 1.71 bits per heavy atom. The van der Waals surface area contributed by atoms with E-state index in [0.717, 1.165) is 19.3 Å². The fraction of sp³-hybridized carbons (Fsp3) is 0.238. The van der Waals surface area contributed by atoms with Gasteiger partial charge in [-0.1, -0.05) is 25.8 Å². The van der Waals surface area contributed by atoms with Crippen LogP contribution in [0.2, 0.25) is 0 Å². The van der Waals surface area contributed by atoms with Crippen LogP contribution in [0.3, 0.4) is 0 Å². The molecule has 146 valence electrons. The quantitative estimate of drug-likeness (QED) is 0.283. The lowest BCUT2D eigenvalue weighted by atomic mass is 10.2. The van der Waals surface area contributed by atoms with Crippen molar-refractivity contribution >= 4 is 35.0 Å². The van der Waals surface area contributed by atoms with Crippen LogP contribution >= 0.6 is 0 Å². The minimum atomic E-state index is -0.476. The molecule has 0 atom stereocenters. The van der Waals surface area contributed by atoms with E-state index in [1.807, 2.05) is 0 Å². The molecule has 2 aromatic carbocycles. The molecule has 0 unspecified atom stereocenters. The van der Waals surface area contributed by atoms with Crippen molar-refractivity contribution in [2.45, 2.75) is 32.6 Å². The summed E-state index contributed by atoms with van der Waals surface area (Å²) in [6.07, 6.45) is 6.32. The highest BCUT2D eigenvalue weighted by Gasteiger charge is 2.05. The number of nitrogens with one attached hydrogen (secondary N) is 2. The van der Waals surface area contributed by atoms with Gasteiger partial charge in [-0.25, -0.2) is 0 Å². The molecule has 0 bridgehead atoms. The van der Waals surface area contributed by atoms with Crippen LogP contribution in [0.1, 0.15) is 38.2 Å². The number of carbonyl (C=O) groups is 2. The Kier molecular flexibility index (Phi) is 7.90. The second-order valence-corrected chi connectivity index (χ2v) is 6.26. The van der Waals surface area contributed by atoms with Gasteiger partial charge in [0.1, 0.15) is 0 Å². The Morgan fingerprint density at radius 1 is 1.04 bits per heavy atom. The Balaban J connectivity index is 1.91. The molecule has 7 nitrogen and oxygen atoms in total. The van der Waals surface area contributed by atoms with Crippen molar-refractivity contribution in [3.05, 3.63) is 70.3 Å². The van der Waals surface area contributed by atoms with Crippen LogP contribution < -0.4 is 10.6 Å². The molecule has 0 radical (unpaired) electrons. The molecule has 0 saturated heterocycles. The number of nitro benzene ring substituents is 1. The summed E-state index contributed by atoms with van der Waals surface area (Å²) in [5.41, 5.74) is 1.85. The van der Waals surface area contributed by atoms with Crippen molar-refractivity contribution in [3.63, 3.8) is 0 Å². The predicted octanol–water partition coefficient (Wildman–Crippen LogP) is 4.77. The van der Waals surface area contributed by atoms with Crippen LogP contribution in [0.15, 0.2) is 54.6 Å². The second-order valence-electron chi connectivity index (χ2n) is 6.26. The molecule has 28 heavy (non-hydrogen) atoms. The minimum Gasteiger partial charge on any atom is -0.326 e. The summed E-state index contributed by atoms with van der Waals surface area (Å²) in [5, 5.41) is 16.2. The Hall–Kier alpha value is -3.48. The molecule has 2 aromatic rings. The summed E-state index contributed by atoms with van der Waals surface area (Å²) in [7, 11) is 0. The molecule has 0 aromatic heterocycles. The average molecular weight is 381 g/mol. The summed E-state index contributed by atoms with van der Waals surface area (Å²) < 4.78 is 0. The van der Waals surface area contributed by atoms with E-state index in [-0.39, 0.29) is 17.5 Å². The van der Waals surface area contributed by atoms with Crippen molar-refractivity contribution in [1.29, 1.82) is 0 Å². The largest absolute Gasteiger partial charge is 0.326 e. The van der Waals surface area contributed by atoms with Crippen LogP contribution in [0.25, 0.3) is 6.08 Å². The Morgan fingerprint density at radius 3 is 2.36 bits per heavy atom. The average Bonchev–Trinajstić information content (AvgIpc) is 2.67. The maximum atomic E-state index is 12.1. The number of hydrogen-bond acceptors (Lipinski definition) is 4. The number of non-ortho nitro benzene ring substituents is 1. The number of hydrogen-bond donors (Lipinski definition) is 2. The van der Waals surface area contributed by atoms with Crippen LogP contribution in [0, 0.1) is 10.1 Å². The van der Waals surface area contributed by atoms with Gasteiger partial charge in [-0.05, 0) is 48.4 Å². The summed E-state index contributed by atoms with van der Waals surface area (Å²) >= 11 is 0. The van der Waals surface area contributed by atoms with Gasteiger partial charge in [0.2, 0.25) is 11.8 Å². The van der Waals surface area contributed by atoms with E-state index in [9.17, 15) is 19.7 Å². The van der Waals surface area contributed by atoms with Gasteiger partial charge in [-0.2, -0.15) is 0 Å². The zero-order valence-electron chi connectivity index (χ0n) is 15.7. The van der Waals surface area contributed by atoms with Crippen molar-refractivity contribution in [3.8, 4) is 0 Å². The van der Waals surface area contributed by atoms with Gasteiger partial charge in [0.25, 0.3) is 5.69 Å². The lowest BCUT2D eigenvalue weighted by Crippen LogP contribution is -2.12. The monoisotopic (exact) mass is 381 g/mol. The molecule has 7 heteroatoms. The molecule has 0 spiro atoms.